The highest BCUT2D eigenvalue weighted by molar-refractivity contribution is 8.00. The number of thioether (sulfide) groups is 1. The van der Waals surface area contributed by atoms with Gasteiger partial charge in [0.15, 0.2) is 0 Å². The van der Waals surface area contributed by atoms with Crippen LogP contribution in [0.5, 0.6) is 5.75 Å². The first-order chi connectivity index (χ1) is 7.38. The van der Waals surface area contributed by atoms with E-state index in [1.54, 1.807) is 6.92 Å². The third kappa shape index (κ3) is 4.74. The first kappa shape index (κ1) is 13.2. The van der Waals surface area contributed by atoms with Gasteiger partial charge in [-0.2, -0.15) is 13.2 Å². The van der Waals surface area contributed by atoms with E-state index >= 15 is 0 Å². The molecular weight excluding hydrogens is 244 g/mol. The molecule has 0 aliphatic rings. The van der Waals surface area contributed by atoms with Gasteiger partial charge in [-0.25, -0.2) is 4.39 Å². The predicted octanol–water partition coefficient (Wildman–Crippen LogP) is 3.77. The maximum absolute atomic E-state index is 12.7. The number of halogens is 4. The lowest BCUT2D eigenvalue weighted by atomic mass is 10.2. The fourth-order valence-corrected chi connectivity index (χ4v) is 1.48. The number of hydrogen-bond acceptors (Lipinski definition) is 2. The van der Waals surface area contributed by atoms with Crippen molar-refractivity contribution in [3.8, 4) is 5.75 Å². The van der Waals surface area contributed by atoms with Crippen LogP contribution in [0.1, 0.15) is 5.56 Å². The fraction of sp³-hybridized carbons (Fsp3) is 0.400. The minimum atomic E-state index is -4.23. The Labute approximate surface area is 94.8 Å². The number of alkyl halides is 3. The van der Waals surface area contributed by atoms with Crippen molar-refractivity contribution in [2.24, 2.45) is 0 Å². The van der Waals surface area contributed by atoms with E-state index in [0.717, 1.165) is 0 Å². The van der Waals surface area contributed by atoms with Crippen LogP contribution in [-0.4, -0.2) is 17.9 Å². The molecule has 90 valence electrons. The quantitative estimate of drug-likeness (QED) is 0.597. The summed E-state index contributed by atoms with van der Waals surface area (Å²) in [6.07, 6.45) is 0. The van der Waals surface area contributed by atoms with Gasteiger partial charge in [0, 0.05) is 5.75 Å². The van der Waals surface area contributed by atoms with E-state index in [0.29, 0.717) is 11.3 Å². The van der Waals surface area contributed by atoms with E-state index in [4.69, 9.17) is 4.74 Å². The molecule has 0 bridgehead atoms. The first-order valence-electron chi connectivity index (χ1n) is 4.48. The Hall–Kier alpha value is -0.910. The Balaban J connectivity index is 2.38. The van der Waals surface area contributed by atoms with Crippen LogP contribution in [0.3, 0.4) is 0 Å². The van der Waals surface area contributed by atoms with Gasteiger partial charge in [-0.3, -0.25) is 0 Å². The summed E-state index contributed by atoms with van der Waals surface area (Å²) in [7, 11) is 0. The Kier molecular flexibility index (Phi) is 4.46. The van der Waals surface area contributed by atoms with Crippen LogP contribution >= 0.6 is 11.8 Å². The van der Waals surface area contributed by atoms with Crippen LogP contribution in [0, 0.1) is 12.7 Å². The van der Waals surface area contributed by atoms with Gasteiger partial charge in [0.1, 0.15) is 11.6 Å². The predicted molar refractivity (Wildman–Crippen MR) is 55.1 cm³/mol. The van der Waals surface area contributed by atoms with Crippen LogP contribution in [0.15, 0.2) is 18.2 Å². The van der Waals surface area contributed by atoms with Crippen LogP contribution in [-0.2, 0) is 0 Å². The summed E-state index contributed by atoms with van der Waals surface area (Å²) in [4.78, 5) is 0. The molecule has 0 aliphatic carbocycles. The molecule has 0 spiro atoms. The Bertz CT molecular complexity index is 351. The summed E-state index contributed by atoms with van der Waals surface area (Å²) < 4.78 is 53.1. The largest absolute Gasteiger partial charge is 0.492 e. The van der Waals surface area contributed by atoms with Crippen molar-refractivity contribution in [3.05, 3.63) is 29.6 Å². The van der Waals surface area contributed by atoms with Crippen molar-refractivity contribution in [2.45, 2.75) is 12.4 Å². The Morgan fingerprint density at radius 1 is 1.31 bits per heavy atom. The molecule has 0 unspecified atom stereocenters. The number of benzene rings is 1. The van der Waals surface area contributed by atoms with Crippen LogP contribution in [0.25, 0.3) is 0 Å². The second kappa shape index (κ2) is 5.43. The number of hydrogen-bond donors (Lipinski definition) is 0. The van der Waals surface area contributed by atoms with E-state index in [1.807, 2.05) is 0 Å². The zero-order valence-electron chi connectivity index (χ0n) is 8.47. The van der Waals surface area contributed by atoms with Gasteiger partial charge in [0.05, 0.1) is 6.61 Å². The van der Waals surface area contributed by atoms with E-state index < -0.39 is 11.3 Å². The van der Waals surface area contributed by atoms with Gasteiger partial charge in [-0.15, -0.1) is 0 Å². The van der Waals surface area contributed by atoms with Crippen molar-refractivity contribution in [1.82, 2.24) is 0 Å². The molecule has 0 heterocycles. The third-order valence-corrected chi connectivity index (χ3v) is 2.44. The summed E-state index contributed by atoms with van der Waals surface area (Å²) in [6.45, 7) is 1.58. The second-order valence-corrected chi connectivity index (χ2v) is 4.21. The van der Waals surface area contributed by atoms with Gasteiger partial charge in [0.25, 0.3) is 0 Å². The number of ether oxygens (including phenoxy) is 1. The lowest BCUT2D eigenvalue weighted by molar-refractivity contribution is -0.0329. The highest BCUT2D eigenvalue weighted by Gasteiger charge is 2.27. The Morgan fingerprint density at radius 3 is 2.56 bits per heavy atom. The average Bonchev–Trinajstić information content (AvgIpc) is 2.13. The zero-order chi connectivity index (χ0) is 12.2. The molecule has 1 nitrogen and oxygen atoms in total. The summed E-state index contributed by atoms with van der Waals surface area (Å²) in [5.74, 6) is -0.168. The van der Waals surface area contributed by atoms with Crippen LogP contribution in [0.2, 0.25) is 0 Å². The molecule has 1 rings (SSSR count). The number of rotatable bonds is 4. The monoisotopic (exact) mass is 254 g/mol. The van der Waals surface area contributed by atoms with Crippen molar-refractivity contribution >= 4 is 11.8 Å². The molecule has 0 saturated heterocycles. The molecule has 0 aliphatic heterocycles. The highest BCUT2D eigenvalue weighted by Crippen LogP contribution is 2.30. The van der Waals surface area contributed by atoms with Crippen molar-refractivity contribution in [2.75, 3.05) is 12.4 Å². The molecule has 6 heteroatoms. The first-order valence-corrected chi connectivity index (χ1v) is 5.47. The van der Waals surface area contributed by atoms with Gasteiger partial charge in [-0.1, -0.05) is 0 Å². The molecule has 0 radical (unpaired) electrons. The summed E-state index contributed by atoms with van der Waals surface area (Å²) >= 11 is -0.137. The van der Waals surface area contributed by atoms with Crippen molar-refractivity contribution in [1.29, 1.82) is 0 Å². The van der Waals surface area contributed by atoms with Gasteiger partial charge in [-0.05, 0) is 42.4 Å². The van der Waals surface area contributed by atoms with Crippen LogP contribution < -0.4 is 4.74 Å². The van der Waals surface area contributed by atoms with Gasteiger partial charge >= 0.3 is 5.51 Å². The van der Waals surface area contributed by atoms with E-state index in [1.165, 1.54) is 18.2 Å². The fourth-order valence-electron chi connectivity index (χ4n) is 1.08. The second-order valence-electron chi connectivity index (χ2n) is 3.05. The molecule has 0 amide bonds. The molecule has 16 heavy (non-hydrogen) atoms. The SMILES string of the molecule is Cc1cc(F)ccc1OCCSC(F)(F)F. The minimum absolute atomic E-state index is 0.0589. The summed E-state index contributed by atoms with van der Waals surface area (Å²) in [5.41, 5.74) is -3.67. The lowest BCUT2D eigenvalue weighted by Crippen LogP contribution is -2.07. The number of aryl methyl sites for hydroxylation is 1. The molecule has 0 saturated carbocycles. The summed E-state index contributed by atoms with van der Waals surface area (Å²) in [6, 6.07) is 3.88. The van der Waals surface area contributed by atoms with E-state index in [9.17, 15) is 17.6 Å². The zero-order valence-corrected chi connectivity index (χ0v) is 9.29. The lowest BCUT2D eigenvalue weighted by Gasteiger charge is -2.09. The molecule has 1 aromatic rings. The van der Waals surface area contributed by atoms with E-state index in [2.05, 4.69) is 0 Å². The Morgan fingerprint density at radius 2 is 2.00 bits per heavy atom. The smallest absolute Gasteiger partial charge is 0.441 e. The van der Waals surface area contributed by atoms with Crippen LogP contribution in [0.4, 0.5) is 17.6 Å². The average molecular weight is 254 g/mol. The van der Waals surface area contributed by atoms with Gasteiger partial charge in [0.2, 0.25) is 0 Å². The standard InChI is InChI=1S/C10H10F4OS/c1-7-6-8(11)2-3-9(7)15-4-5-16-10(12,13)14/h2-3,6H,4-5H2,1H3. The van der Waals surface area contributed by atoms with Crippen molar-refractivity contribution < 1.29 is 22.3 Å². The highest BCUT2D eigenvalue weighted by atomic mass is 32.2. The molecule has 0 atom stereocenters. The molecule has 0 N–H and O–H groups in total. The molecular formula is C10H10F4OS. The molecule has 0 aromatic heterocycles. The molecule has 1 aromatic carbocycles. The van der Waals surface area contributed by atoms with Gasteiger partial charge < -0.3 is 4.74 Å². The van der Waals surface area contributed by atoms with E-state index in [-0.39, 0.29) is 24.1 Å². The maximum Gasteiger partial charge on any atom is 0.441 e. The summed E-state index contributed by atoms with van der Waals surface area (Å²) in [5, 5.41) is 0. The normalized spacial score (nSPS) is 11.6. The van der Waals surface area contributed by atoms with Crippen molar-refractivity contribution in [3.63, 3.8) is 0 Å². The third-order valence-electron chi connectivity index (χ3n) is 1.74. The minimum Gasteiger partial charge on any atom is -0.492 e. The molecule has 0 fully saturated rings. The topological polar surface area (TPSA) is 9.23 Å². The maximum atomic E-state index is 12.7.